The van der Waals surface area contributed by atoms with Gasteiger partial charge in [-0.3, -0.25) is 0 Å². The molecule has 2 aromatic carbocycles. The fourth-order valence-electron chi connectivity index (χ4n) is 3.41. The van der Waals surface area contributed by atoms with Crippen molar-refractivity contribution in [2.45, 2.75) is 32.0 Å². The number of aliphatic carboxylic acids is 1. The Morgan fingerprint density at radius 2 is 1.56 bits per heavy atom. The molecule has 34 heavy (non-hydrogen) atoms. The van der Waals surface area contributed by atoms with Crippen LogP contribution in [-0.4, -0.2) is 47.2 Å². The number of rotatable bonds is 5. The number of halogens is 3. The van der Waals surface area contributed by atoms with E-state index in [1.54, 1.807) is 0 Å². The maximum atomic E-state index is 12.4. The Bertz CT molecular complexity index is 954. The average molecular weight is 480 g/mol. The lowest BCUT2D eigenvalue weighted by Crippen LogP contribution is -2.44. The number of hydrogen-bond acceptors (Lipinski definition) is 3. The van der Waals surface area contributed by atoms with Crippen LogP contribution in [-0.2, 0) is 17.8 Å². The first-order valence-electron chi connectivity index (χ1n) is 10.6. The first-order valence-corrected chi connectivity index (χ1v) is 10.6. The van der Waals surface area contributed by atoms with Gasteiger partial charge in [-0.05, 0) is 48.4 Å². The number of amides is 2. The van der Waals surface area contributed by atoms with Crippen LogP contribution in [0.2, 0.25) is 0 Å². The van der Waals surface area contributed by atoms with Crippen LogP contribution in [0.5, 0.6) is 0 Å². The van der Waals surface area contributed by atoms with Crippen molar-refractivity contribution in [3.63, 3.8) is 0 Å². The minimum absolute atomic E-state index is 0.00135. The van der Waals surface area contributed by atoms with Crippen LogP contribution in [0.25, 0.3) is 0 Å². The smallest absolute Gasteiger partial charge is 0.475 e. The largest absolute Gasteiger partial charge is 0.490 e. The molecule has 1 saturated heterocycles. The number of hydrogen-bond donors (Lipinski definition) is 4. The van der Waals surface area contributed by atoms with E-state index in [1.165, 1.54) is 5.56 Å². The van der Waals surface area contributed by atoms with E-state index in [9.17, 15) is 18.0 Å². The van der Waals surface area contributed by atoms with Crippen molar-refractivity contribution in [1.29, 1.82) is 0 Å². The third kappa shape index (κ3) is 9.39. The molecular formula is C23H28F3N5O3. The van der Waals surface area contributed by atoms with Gasteiger partial charge >= 0.3 is 18.2 Å². The van der Waals surface area contributed by atoms with Gasteiger partial charge in [0.05, 0.1) is 5.69 Å². The van der Waals surface area contributed by atoms with Crippen molar-refractivity contribution in [3.8, 4) is 0 Å². The molecule has 1 aliphatic rings. The summed E-state index contributed by atoms with van der Waals surface area (Å²) < 4.78 is 31.7. The van der Waals surface area contributed by atoms with Crippen LogP contribution in [0.15, 0.2) is 59.6 Å². The number of likely N-dealkylation sites (tertiary alicyclic amines) is 1. The van der Waals surface area contributed by atoms with Crippen molar-refractivity contribution >= 4 is 23.6 Å². The number of benzene rings is 2. The summed E-state index contributed by atoms with van der Waals surface area (Å²) in [4.78, 5) is 27.2. The molecule has 0 bridgehead atoms. The topological polar surface area (TPSA) is 134 Å². The highest BCUT2D eigenvalue weighted by Gasteiger charge is 2.38. The van der Waals surface area contributed by atoms with E-state index in [2.05, 4.69) is 34.6 Å². The fraction of sp³-hybridized carbons (Fsp3) is 0.348. The van der Waals surface area contributed by atoms with E-state index in [0.717, 1.165) is 37.9 Å². The summed E-state index contributed by atoms with van der Waals surface area (Å²) in [6.07, 6.45) is -1.89. The van der Waals surface area contributed by atoms with Crippen LogP contribution < -0.4 is 16.8 Å². The van der Waals surface area contributed by atoms with E-state index in [4.69, 9.17) is 21.4 Å². The molecule has 0 atom stereocenters. The maximum Gasteiger partial charge on any atom is 0.490 e. The molecule has 2 amide bonds. The molecule has 11 heteroatoms. The molecule has 6 N–H and O–H groups in total. The zero-order chi connectivity index (χ0) is 25.1. The molecule has 184 valence electrons. The van der Waals surface area contributed by atoms with E-state index >= 15 is 0 Å². The van der Waals surface area contributed by atoms with Gasteiger partial charge in [-0.2, -0.15) is 13.2 Å². The second-order valence-corrected chi connectivity index (χ2v) is 7.78. The molecule has 8 nitrogen and oxygen atoms in total. The molecule has 0 saturated carbocycles. The minimum atomic E-state index is -5.08. The van der Waals surface area contributed by atoms with Gasteiger partial charge in [-0.15, -0.1) is 0 Å². The standard InChI is InChI=1S/C21H27N5O.C2HF3O2/c22-20(23)25-19-8-6-18(7-9-19)15-24-21(27)26-12-10-17(11-13-26)14-16-4-2-1-3-5-16;3-2(4,5)1(6)7/h1-9,17H,10-15H2,(H,24,27)(H4,22,23,25);(H,6,7). The molecule has 1 heterocycles. The average Bonchev–Trinajstić information content (AvgIpc) is 2.79. The minimum Gasteiger partial charge on any atom is -0.475 e. The number of guanidine groups is 1. The SMILES string of the molecule is NC(N)=Nc1ccc(CNC(=O)N2CCC(Cc3ccccc3)CC2)cc1.O=C(O)C(F)(F)F. The summed E-state index contributed by atoms with van der Waals surface area (Å²) in [6.45, 7) is 2.12. The number of carboxylic acid groups (broad SMARTS) is 1. The number of urea groups is 1. The zero-order valence-corrected chi connectivity index (χ0v) is 18.5. The molecule has 0 unspecified atom stereocenters. The third-order valence-corrected chi connectivity index (χ3v) is 5.15. The Labute approximate surface area is 195 Å². The number of carbonyl (C=O) groups is 2. The summed E-state index contributed by atoms with van der Waals surface area (Å²) in [5.74, 6) is -2.07. The number of piperidine rings is 1. The predicted octanol–water partition coefficient (Wildman–Crippen LogP) is 3.39. The third-order valence-electron chi connectivity index (χ3n) is 5.15. The molecule has 0 spiro atoms. The Morgan fingerprint density at radius 3 is 2.06 bits per heavy atom. The number of nitrogens with one attached hydrogen (secondary N) is 1. The van der Waals surface area contributed by atoms with Crippen molar-refractivity contribution < 1.29 is 27.9 Å². The highest BCUT2D eigenvalue weighted by molar-refractivity contribution is 5.79. The summed E-state index contributed by atoms with van der Waals surface area (Å²) in [5.41, 5.74) is 13.8. The quantitative estimate of drug-likeness (QED) is 0.385. The van der Waals surface area contributed by atoms with E-state index in [0.29, 0.717) is 18.2 Å². The van der Waals surface area contributed by atoms with E-state index in [1.807, 2.05) is 35.2 Å². The number of nitrogens with two attached hydrogens (primary N) is 2. The van der Waals surface area contributed by atoms with Crippen LogP contribution in [0.1, 0.15) is 24.0 Å². The molecule has 1 fully saturated rings. The van der Waals surface area contributed by atoms with Crippen LogP contribution in [0, 0.1) is 5.92 Å². The van der Waals surface area contributed by atoms with Gasteiger partial charge in [0.25, 0.3) is 0 Å². The van der Waals surface area contributed by atoms with Gasteiger partial charge in [0.15, 0.2) is 5.96 Å². The molecule has 0 aliphatic carbocycles. The Balaban J connectivity index is 0.000000509. The molecular weight excluding hydrogens is 451 g/mol. The first kappa shape index (κ1) is 26.5. The molecule has 0 aromatic heterocycles. The summed E-state index contributed by atoms with van der Waals surface area (Å²) in [6, 6.07) is 18.1. The van der Waals surface area contributed by atoms with Gasteiger partial charge in [-0.1, -0.05) is 42.5 Å². The molecule has 2 aromatic rings. The van der Waals surface area contributed by atoms with Gasteiger partial charge in [-0.25, -0.2) is 14.6 Å². The van der Waals surface area contributed by atoms with Gasteiger partial charge in [0.1, 0.15) is 0 Å². The lowest BCUT2D eigenvalue weighted by Gasteiger charge is -2.32. The van der Waals surface area contributed by atoms with Crippen molar-refractivity contribution in [3.05, 3.63) is 65.7 Å². The lowest BCUT2D eigenvalue weighted by atomic mass is 9.90. The fourth-order valence-corrected chi connectivity index (χ4v) is 3.41. The Morgan fingerprint density at radius 1 is 1.00 bits per heavy atom. The monoisotopic (exact) mass is 479 g/mol. The number of aliphatic imine (C=N–C) groups is 1. The summed E-state index contributed by atoms with van der Waals surface area (Å²) in [7, 11) is 0. The van der Waals surface area contributed by atoms with Crippen molar-refractivity contribution in [2.24, 2.45) is 22.4 Å². The highest BCUT2D eigenvalue weighted by Crippen LogP contribution is 2.22. The van der Waals surface area contributed by atoms with E-state index in [-0.39, 0.29) is 12.0 Å². The van der Waals surface area contributed by atoms with Gasteiger partial charge in [0, 0.05) is 19.6 Å². The van der Waals surface area contributed by atoms with Gasteiger partial charge in [0.2, 0.25) is 0 Å². The molecule has 3 rings (SSSR count). The van der Waals surface area contributed by atoms with E-state index < -0.39 is 12.1 Å². The highest BCUT2D eigenvalue weighted by atomic mass is 19.4. The second kappa shape index (κ2) is 12.5. The Hall–Kier alpha value is -3.76. The van der Waals surface area contributed by atoms with Gasteiger partial charge < -0.3 is 26.8 Å². The van der Waals surface area contributed by atoms with Crippen molar-refractivity contribution in [1.82, 2.24) is 10.2 Å². The zero-order valence-electron chi connectivity index (χ0n) is 18.5. The first-order chi connectivity index (χ1) is 16.0. The molecule has 1 aliphatic heterocycles. The normalized spacial score (nSPS) is 13.9. The summed E-state index contributed by atoms with van der Waals surface area (Å²) in [5, 5.41) is 10.1. The van der Waals surface area contributed by atoms with Crippen molar-refractivity contribution in [2.75, 3.05) is 13.1 Å². The van der Waals surface area contributed by atoms with Crippen LogP contribution in [0.4, 0.5) is 23.7 Å². The maximum absolute atomic E-state index is 12.4. The van der Waals surface area contributed by atoms with Crippen LogP contribution >= 0.6 is 0 Å². The number of alkyl halides is 3. The van der Waals surface area contributed by atoms with Crippen LogP contribution in [0.3, 0.4) is 0 Å². The number of carboxylic acids is 1. The summed E-state index contributed by atoms with van der Waals surface area (Å²) >= 11 is 0. The predicted molar refractivity (Wildman–Crippen MR) is 122 cm³/mol. The lowest BCUT2D eigenvalue weighted by molar-refractivity contribution is -0.192. The number of carbonyl (C=O) groups excluding carboxylic acids is 1. The Kier molecular flexibility index (Phi) is 9.72. The number of nitrogens with zero attached hydrogens (tertiary/aromatic N) is 2. The molecule has 0 radical (unpaired) electrons. The second-order valence-electron chi connectivity index (χ2n) is 7.78.